The number of likely N-dealkylation sites (tertiary alicyclic amines) is 1. The molecule has 0 saturated carbocycles. The summed E-state index contributed by atoms with van der Waals surface area (Å²) in [7, 11) is 0. The van der Waals surface area contributed by atoms with Gasteiger partial charge in [-0.3, -0.25) is 9.69 Å². The van der Waals surface area contributed by atoms with Crippen molar-refractivity contribution in [2.45, 2.75) is 51.2 Å². The quantitative estimate of drug-likeness (QED) is 0.926. The summed E-state index contributed by atoms with van der Waals surface area (Å²) in [5, 5.41) is 0. The first-order valence-corrected chi connectivity index (χ1v) is 8.49. The first kappa shape index (κ1) is 15.5. The maximum Gasteiger partial charge on any atom is 0.237 e. The molecule has 2 aliphatic rings. The van der Waals surface area contributed by atoms with Crippen molar-refractivity contribution in [3.05, 3.63) is 35.4 Å². The summed E-state index contributed by atoms with van der Waals surface area (Å²) in [5.41, 5.74) is 8.79. The third-order valence-corrected chi connectivity index (χ3v) is 5.09. The molecule has 1 saturated heterocycles. The lowest BCUT2D eigenvalue weighted by atomic mass is 9.96. The van der Waals surface area contributed by atoms with Gasteiger partial charge in [0.2, 0.25) is 5.91 Å². The van der Waals surface area contributed by atoms with Gasteiger partial charge >= 0.3 is 0 Å². The van der Waals surface area contributed by atoms with Crippen molar-refractivity contribution in [1.29, 1.82) is 0 Å². The zero-order valence-electron chi connectivity index (χ0n) is 13.5. The molecular weight excluding hydrogens is 274 g/mol. The molecule has 120 valence electrons. The number of hydrogen-bond donors (Lipinski definition) is 1. The maximum atomic E-state index is 12.7. The molecule has 0 aliphatic carbocycles. The molecule has 4 nitrogen and oxygen atoms in total. The Morgan fingerprint density at radius 3 is 2.82 bits per heavy atom. The number of nitrogens with two attached hydrogens (primary N) is 1. The molecule has 3 rings (SSSR count). The van der Waals surface area contributed by atoms with Gasteiger partial charge in [0.15, 0.2) is 0 Å². The fraction of sp³-hybridized carbons (Fsp3) is 0.611. The van der Waals surface area contributed by atoms with Crippen molar-refractivity contribution in [1.82, 2.24) is 9.80 Å². The maximum absolute atomic E-state index is 12.7. The zero-order chi connectivity index (χ0) is 15.5. The van der Waals surface area contributed by atoms with Crippen molar-refractivity contribution >= 4 is 5.91 Å². The van der Waals surface area contributed by atoms with E-state index in [2.05, 4.69) is 36.1 Å². The van der Waals surface area contributed by atoms with Crippen LogP contribution in [-0.2, 0) is 17.8 Å². The summed E-state index contributed by atoms with van der Waals surface area (Å²) in [6, 6.07) is 8.94. The van der Waals surface area contributed by atoms with Crippen LogP contribution >= 0.6 is 0 Å². The summed E-state index contributed by atoms with van der Waals surface area (Å²) in [6.45, 7) is 5.18. The molecule has 1 fully saturated rings. The highest BCUT2D eigenvalue weighted by molar-refractivity contribution is 5.78. The monoisotopic (exact) mass is 301 g/mol. The van der Waals surface area contributed by atoms with Crippen LogP contribution in [0.1, 0.15) is 37.3 Å². The van der Waals surface area contributed by atoms with E-state index in [1.54, 1.807) is 0 Å². The van der Waals surface area contributed by atoms with Crippen LogP contribution in [0.4, 0.5) is 0 Å². The lowest BCUT2D eigenvalue weighted by Gasteiger charge is -2.39. The van der Waals surface area contributed by atoms with Gasteiger partial charge in [-0.2, -0.15) is 0 Å². The molecule has 2 heterocycles. The van der Waals surface area contributed by atoms with E-state index < -0.39 is 0 Å². The number of benzene rings is 1. The average Bonchev–Trinajstić information content (AvgIpc) is 2.54. The Hall–Kier alpha value is -1.39. The van der Waals surface area contributed by atoms with Gasteiger partial charge in [-0.05, 0) is 43.9 Å². The Balaban J connectivity index is 1.62. The Bertz CT molecular complexity index is 529. The molecule has 4 heteroatoms. The number of rotatable bonds is 3. The van der Waals surface area contributed by atoms with E-state index in [-0.39, 0.29) is 11.9 Å². The van der Waals surface area contributed by atoms with Gasteiger partial charge in [0.05, 0.1) is 6.54 Å². The van der Waals surface area contributed by atoms with Crippen molar-refractivity contribution < 1.29 is 4.79 Å². The minimum absolute atomic E-state index is 0.134. The molecule has 0 aromatic heterocycles. The van der Waals surface area contributed by atoms with Gasteiger partial charge in [0.25, 0.3) is 0 Å². The van der Waals surface area contributed by atoms with Crippen LogP contribution in [0.3, 0.4) is 0 Å². The topological polar surface area (TPSA) is 49.6 Å². The number of hydrogen-bond acceptors (Lipinski definition) is 3. The molecular formula is C18H27N3O. The normalized spacial score (nSPS) is 23.9. The summed E-state index contributed by atoms with van der Waals surface area (Å²) in [4.78, 5) is 17.0. The summed E-state index contributed by atoms with van der Waals surface area (Å²) in [6.07, 6.45) is 4.50. The van der Waals surface area contributed by atoms with E-state index in [0.717, 1.165) is 32.5 Å². The molecule has 2 unspecified atom stereocenters. The van der Waals surface area contributed by atoms with Crippen molar-refractivity contribution in [3.63, 3.8) is 0 Å². The van der Waals surface area contributed by atoms with Gasteiger partial charge in [0.1, 0.15) is 0 Å². The molecule has 22 heavy (non-hydrogen) atoms. The van der Waals surface area contributed by atoms with Gasteiger partial charge < -0.3 is 10.6 Å². The first-order valence-electron chi connectivity index (χ1n) is 8.49. The van der Waals surface area contributed by atoms with Gasteiger partial charge in [-0.25, -0.2) is 0 Å². The SMILES string of the molecule is CC(N)C1CCCCN1CC(=O)N1CCc2ccccc2C1. The molecule has 2 N–H and O–H groups in total. The Kier molecular flexibility index (Phi) is 4.79. The molecule has 0 radical (unpaired) electrons. The van der Waals surface area contributed by atoms with Crippen molar-refractivity contribution in [2.24, 2.45) is 5.73 Å². The molecule has 0 bridgehead atoms. The predicted molar refractivity (Wildman–Crippen MR) is 88.4 cm³/mol. The van der Waals surface area contributed by atoms with Gasteiger partial charge in [-0.1, -0.05) is 30.7 Å². The van der Waals surface area contributed by atoms with Crippen LogP contribution in [0, 0.1) is 0 Å². The number of piperidine rings is 1. The highest BCUT2D eigenvalue weighted by atomic mass is 16.2. The minimum atomic E-state index is 0.134. The van der Waals surface area contributed by atoms with Crippen LogP contribution < -0.4 is 5.73 Å². The molecule has 1 aromatic rings. The highest BCUT2D eigenvalue weighted by Crippen LogP contribution is 2.21. The molecule has 2 atom stereocenters. The van der Waals surface area contributed by atoms with Gasteiger partial charge in [0, 0.05) is 25.2 Å². The summed E-state index contributed by atoms with van der Waals surface area (Å²) >= 11 is 0. The minimum Gasteiger partial charge on any atom is -0.337 e. The van der Waals surface area contributed by atoms with Crippen molar-refractivity contribution in [3.8, 4) is 0 Å². The van der Waals surface area contributed by atoms with E-state index in [4.69, 9.17) is 5.73 Å². The molecule has 1 aromatic carbocycles. The molecule has 0 spiro atoms. The summed E-state index contributed by atoms with van der Waals surface area (Å²) in [5.74, 6) is 0.252. The van der Waals surface area contributed by atoms with E-state index >= 15 is 0 Å². The Morgan fingerprint density at radius 2 is 2.05 bits per heavy atom. The van der Waals surface area contributed by atoms with Crippen LogP contribution in [0.15, 0.2) is 24.3 Å². The lowest BCUT2D eigenvalue weighted by molar-refractivity contribution is -0.134. The number of carbonyl (C=O) groups is 1. The number of carbonyl (C=O) groups excluding carboxylic acids is 1. The smallest absolute Gasteiger partial charge is 0.237 e. The number of nitrogens with zero attached hydrogens (tertiary/aromatic N) is 2. The van der Waals surface area contributed by atoms with Crippen LogP contribution in [0.5, 0.6) is 0 Å². The van der Waals surface area contributed by atoms with E-state index in [0.29, 0.717) is 12.6 Å². The van der Waals surface area contributed by atoms with Crippen LogP contribution in [0.25, 0.3) is 0 Å². The number of fused-ring (bicyclic) bond motifs is 1. The first-order chi connectivity index (χ1) is 10.6. The second-order valence-electron chi connectivity index (χ2n) is 6.73. The van der Waals surface area contributed by atoms with E-state index in [1.165, 1.54) is 24.0 Å². The van der Waals surface area contributed by atoms with E-state index in [1.807, 2.05) is 4.90 Å². The molecule has 1 amide bonds. The largest absolute Gasteiger partial charge is 0.337 e. The molecule has 2 aliphatic heterocycles. The fourth-order valence-electron chi connectivity index (χ4n) is 3.79. The standard InChI is InChI=1S/C18H27N3O/c1-14(19)17-8-4-5-10-20(17)13-18(22)21-11-9-15-6-2-3-7-16(15)12-21/h2-3,6-7,14,17H,4-5,8-13,19H2,1H3. The Morgan fingerprint density at radius 1 is 1.27 bits per heavy atom. The second kappa shape index (κ2) is 6.80. The number of amides is 1. The lowest BCUT2D eigenvalue weighted by Crippen LogP contribution is -2.53. The third kappa shape index (κ3) is 3.33. The van der Waals surface area contributed by atoms with Crippen LogP contribution in [-0.4, -0.2) is 47.4 Å². The second-order valence-corrected chi connectivity index (χ2v) is 6.73. The predicted octanol–water partition coefficient (Wildman–Crippen LogP) is 1.77. The van der Waals surface area contributed by atoms with Crippen LogP contribution in [0.2, 0.25) is 0 Å². The van der Waals surface area contributed by atoms with Gasteiger partial charge in [-0.15, -0.1) is 0 Å². The highest BCUT2D eigenvalue weighted by Gasteiger charge is 2.29. The zero-order valence-corrected chi connectivity index (χ0v) is 13.5. The van der Waals surface area contributed by atoms with E-state index in [9.17, 15) is 4.79 Å². The fourth-order valence-corrected chi connectivity index (χ4v) is 3.79. The van der Waals surface area contributed by atoms with Crippen molar-refractivity contribution in [2.75, 3.05) is 19.6 Å². The Labute approximate surface area is 133 Å². The third-order valence-electron chi connectivity index (χ3n) is 5.09. The average molecular weight is 301 g/mol. The summed E-state index contributed by atoms with van der Waals surface area (Å²) < 4.78 is 0.